The number of nitrogens with zero attached hydrogens (tertiary/aromatic N) is 2. The first-order valence-electron chi connectivity index (χ1n) is 8.08. The molecule has 0 aliphatic carbocycles. The lowest BCUT2D eigenvalue weighted by Gasteiger charge is -2.38. The largest absolute Gasteiger partial charge is 0.480 e. The van der Waals surface area contributed by atoms with Gasteiger partial charge in [-0.25, -0.2) is 4.79 Å². The Labute approximate surface area is 145 Å². The van der Waals surface area contributed by atoms with E-state index in [1.165, 1.54) is 4.90 Å². The molecule has 1 unspecified atom stereocenters. The topological polar surface area (TPSA) is 83.2 Å². The molecule has 7 heteroatoms. The van der Waals surface area contributed by atoms with Gasteiger partial charge in [0, 0.05) is 13.1 Å². The van der Waals surface area contributed by atoms with Crippen LogP contribution in [0.3, 0.4) is 0 Å². The van der Waals surface area contributed by atoms with E-state index in [9.17, 15) is 14.7 Å². The predicted octanol–water partition coefficient (Wildman–Crippen LogP) is 2.19. The van der Waals surface area contributed by atoms with Crippen molar-refractivity contribution in [3.05, 3.63) is 60.1 Å². The van der Waals surface area contributed by atoms with Crippen molar-refractivity contribution in [2.75, 3.05) is 19.6 Å². The Hall–Kier alpha value is -2.80. The quantitative estimate of drug-likeness (QED) is 0.895. The van der Waals surface area contributed by atoms with E-state index in [4.69, 9.17) is 9.15 Å². The number of carbonyl (C=O) groups is 2. The first-order valence-corrected chi connectivity index (χ1v) is 8.08. The first-order chi connectivity index (χ1) is 12.1. The Morgan fingerprint density at radius 1 is 1.16 bits per heavy atom. The summed E-state index contributed by atoms with van der Waals surface area (Å²) in [7, 11) is 0. The molecule has 1 atom stereocenters. The van der Waals surface area contributed by atoms with Crippen LogP contribution in [0, 0.1) is 0 Å². The highest BCUT2D eigenvalue weighted by Crippen LogP contribution is 2.16. The maximum Gasteiger partial charge on any atom is 0.410 e. The zero-order chi connectivity index (χ0) is 17.6. The lowest BCUT2D eigenvalue weighted by Crippen LogP contribution is -2.57. The highest BCUT2D eigenvalue weighted by Gasteiger charge is 2.35. The van der Waals surface area contributed by atoms with Gasteiger partial charge in [0.25, 0.3) is 0 Å². The third-order valence-electron chi connectivity index (χ3n) is 4.18. The zero-order valence-corrected chi connectivity index (χ0v) is 13.7. The normalized spacial score (nSPS) is 18.1. The van der Waals surface area contributed by atoms with E-state index in [1.807, 2.05) is 30.3 Å². The van der Waals surface area contributed by atoms with Gasteiger partial charge in [0.2, 0.25) is 0 Å². The van der Waals surface area contributed by atoms with Gasteiger partial charge in [-0.2, -0.15) is 0 Å². The third kappa shape index (κ3) is 4.39. The second-order valence-electron chi connectivity index (χ2n) is 5.89. The summed E-state index contributed by atoms with van der Waals surface area (Å²) >= 11 is 0. The lowest BCUT2D eigenvalue weighted by atomic mass is 10.1. The molecule has 7 nitrogen and oxygen atoms in total. The maximum atomic E-state index is 12.2. The van der Waals surface area contributed by atoms with Crippen molar-refractivity contribution in [2.45, 2.75) is 19.2 Å². The SMILES string of the molecule is O=C(O)C1CN(C(=O)OCc2ccccc2)CCN1Cc1ccco1. The molecule has 1 amide bonds. The second kappa shape index (κ2) is 7.85. The van der Waals surface area contributed by atoms with Crippen LogP contribution in [0.5, 0.6) is 0 Å². The minimum atomic E-state index is -0.966. The molecule has 132 valence electrons. The summed E-state index contributed by atoms with van der Waals surface area (Å²) in [5.74, 6) is -0.265. The number of rotatable bonds is 5. The standard InChI is InChI=1S/C18H20N2O5/c21-17(22)16-12-20(9-8-19(16)11-15-7-4-10-24-15)18(23)25-13-14-5-2-1-3-6-14/h1-7,10,16H,8-9,11-13H2,(H,21,22). The van der Waals surface area contributed by atoms with Gasteiger partial charge in [-0.15, -0.1) is 0 Å². The third-order valence-corrected chi connectivity index (χ3v) is 4.18. The number of hydrogen-bond donors (Lipinski definition) is 1. The van der Waals surface area contributed by atoms with Gasteiger partial charge >= 0.3 is 12.1 Å². The highest BCUT2D eigenvalue weighted by atomic mass is 16.6. The molecule has 1 aliphatic rings. The number of piperazine rings is 1. The minimum absolute atomic E-state index is 0.0870. The highest BCUT2D eigenvalue weighted by molar-refractivity contribution is 5.76. The van der Waals surface area contributed by atoms with Gasteiger partial charge in [0.15, 0.2) is 0 Å². The number of carboxylic acids is 1. The fourth-order valence-electron chi connectivity index (χ4n) is 2.82. The second-order valence-corrected chi connectivity index (χ2v) is 5.89. The van der Waals surface area contributed by atoms with Crippen molar-refractivity contribution in [3.63, 3.8) is 0 Å². The fraction of sp³-hybridized carbons (Fsp3) is 0.333. The molecule has 0 bridgehead atoms. The summed E-state index contributed by atoms with van der Waals surface area (Å²) in [6.45, 7) is 1.51. The van der Waals surface area contributed by atoms with Gasteiger partial charge < -0.3 is 19.2 Å². The van der Waals surface area contributed by atoms with Crippen LogP contribution < -0.4 is 0 Å². The van der Waals surface area contributed by atoms with E-state index in [-0.39, 0.29) is 13.2 Å². The summed E-state index contributed by atoms with van der Waals surface area (Å²) in [5.41, 5.74) is 0.891. The number of aliphatic carboxylic acids is 1. The summed E-state index contributed by atoms with van der Waals surface area (Å²) in [6.07, 6.45) is 1.07. The van der Waals surface area contributed by atoms with Gasteiger partial charge in [-0.1, -0.05) is 30.3 Å². The summed E-state index contributed by atoms with van der Waals surface area (Å²) in [6, 6.07) is 12.2. The molecule has 0 radical (unpaired) electrons. The van der Waals surface area contributed by atoms with Gasteiger partial charge in [0.1, 0.15) is 18.4 Å². The lowest BCUT2D eigenvalue weighted by molar-refractivity contribution is -0.145. The van der Waals surface area contributed by atoms with E-state index < -0.39 is 18.1 Å². The summed E-state index contributed by atoms with van der Waals surface area (Å²) in [5, 5.41) is 9.49. The van der Waals surface area contributed by atoms with Crippen LogP contribution in [0.1, 0.15) is 11.3 Å². The molecular weight excluding hydrogens is 324 g/mol. The predicted molar refractivity (Wildman–Crippen MR) is 88.7 cm³/mol. The maximum absolute atomic E-state index is 12.2. The van der Waals surface area contributed by atoms with E-state index >= 15 is 0 Å². The van der Waals surface area contributed by atoms with Crippen molar-refractivity contribution in [1.29, 1.82) is 0 Å². The van der Waals surface area contributed by atoms with Crippen LogP contribution >= 0.6 is 0 Å². The van der Waals surface area contributed by atoms with Crippen LogP contribution in [0.4, 0.5) is 4.79 Å². The number of ether oxygens (including phenoxy) is 1. The Morgan fingerprint density at radius 3 is 2.64 bits per heavy atom. The number of furan rings is 1. The van der Waals surface area contributed by atoms with Crippen LogP contribution in [-0.4, -0.2) is 52.6 Å². The van der Waals surface area contributed by atoms with Gasteiger partial charge in [-0.05, 0) is 17.7 Å². The van der Waals surface area contributed by atoms with E-state index in [1.54, 1.807) is 23.3 Å². The van der Waals surface area contributed by atoms with E-state index in [0.717, 1.165) is 5.56 Å². The zero-order valence-electron chi connectivity index (χ0n) is 13.7. The average molecular weight is 344 g/mol. The summed E-state index contributed by atoms with van der Waals surface area (Å²) < 4.78 is 10.6. The number of amides is 1. The fourth-order valence-corrected chi connectivity index (χ4v) is 2.82. The van der Waals surface area contributed by atoms with Crippen molar-refractivity contribution < 1.29 is 23.8 Å². The molecule has 1 fully saturated rings. The molecule has 2 aromatic rings. The molecule has 25 heavy (non-hydrogen) atoms. The number of benzene rings is 1. The summed E-state index contributed by atoms with van der Waals surface area (Å²) in [4.78, 5) is 27.1. The first kappa shape index (κ1) is 17.0. The van der Waals surface area contributed by atoms with Gasteiger partial charge in [0.05, 0.1) is 19.4 Å². The molecule has 1 aliphatic heterocycles. The van der Waals surface area contributed by atoms with Crippen LogP contribution in [0.15, 0.2) is 53.1 Å². The van der Waals surface area contributed by atoms with Crippen molar-refractivity contribution >= 4 is 12.1 Å². The van der Waals surface area contributed by atoms with Crippen molar-refractivity contribution in [1.82, 2.24) is 9.80 Å². The Morgan fingerprint density at radius 2 is 1.96 bits per heavy atom. The Bertz CT molecular complexity index is 702. The number of carbonyl (C=O) groups excluding carboxylic acids is 1. The minimum Gasteiger partial charge on any atom is -0.480 e. The molecule has 1 N–H and O–H groups in total. The Balaban J connectivity index is 1.57. The molecule has 3 rings (SSSR count). The number of carboxylic acid groups (broad SMARTS) is 1. The van der Waals surface area contributed by atoms with Crippen LogP contribution in [0.2, 0.25) is 0 Å². The van der Waals surface area contributed by atoms with Crippen LogP contribution in [-0.2, 0) is 22.7 Å². The molecule has 0 spiro atoms. The van der Waals surface area contributed by atoms with Crippen LogP contribution in [0.25, 0.3) is 0 Å². The molecule has 1 aromatic carbocycles. The number of hydrogen-bond acceptors (Lipinski definition) is 5. The molecule has 1 aromatic heterocycles. The smallest absolute Gasteiger partial charge is 0.410 e. The van der Waals surface area contributed by atoms with Crippen molar-refractivity contribution in [2.24, 2.45) is 0 Å². The monoisotopic (exact) mass is 344 g/mol. The average Bonchev–Trinajstić information content (AvgIpc) is 3.14. The molecule has 2 heterocycles. The molecule has 0 saturated carbocycles. The van der Waals surface area contributed by atoms with Gasteiger partial charge in [-0.3, -0.25) is 9.69 Å². The molecular formula is C18H20N2O5. The van der Waals surface area contributed by atoms with E-state index in [0.29, 0.717) is 25.4 Å². The van der Waals surface area contributed by atoms with Crippen molar-refractivity contribution in [3.8, 4) is 0 Å². The molecule has 1 saturated heterocycles. The Kier molecular flexibility index (Phi) is 5.35. The van der Waals surface area contributed by atoms with E-state index in [2.05, 4.69) is 0 Å².